The zero-order valence-electron chi connectivity index (χ0n) is 11.4. The van der Waals surface area contributed by atoms with Gasteiger partial charge in [0.15, 0.2) is 10.2 Å². The lowest BCUT2D eigenvalue weighted by Crippen LogP contribution is -2.21. The van der Waals surface area contributed by atoms with E-state index in [0.29, 0.717) is 15.9 Å². The van der Waals surface area contributed by atoms with Crippen molar-refractivity contribution >= 4 is 47.0 Å². The lowest BCUT2D eigenvalue weighted by Gasteiger charge is -2.01. The Kier molecular flexibility index (Phi) is 4.13. The third-order valence-corrected chi connectivity index (χ3v) is 3.95. The van der Waals surface area contributed by atoms with Gasteiger partial charge in [0.05, 0.1) is 5.56 Å². The fraction of sp³-hybridized carbons (Fsp3) is 0. The average Bonchev–Trinajstić information content (AvgIpc) is 3.06. The number of nitrogens with one attached hydrogen (secondary N) is 2. The molecule has 1 aliphatic rings. The second-order valence-corrected chi connectivity index (χ2v) is 5.79. The fourth-order valence-corrected chi connectivity index (χ4v) is 2.87. The average molecular weight is 347 g/mol. The normalized spacial score (nSPS) is 15.6. The smallest absolute Gasteiger partial charge is 0.338 e. The summed E-state index contributed by atoms with van der Waals surface area (Å²) in [6.45, 7) is 0. The highest BCUT2D eigenvalue weighted by Gasteiger charge is 2.20. The Bertz CT molecular complexity index is 844. The van der Waals surface area contributed by atoms with Gasteiger partial charge in [-0.05, 0) is 48.2 Å². The first kappa shape index (κ1) is 15.3. The number of nitrogens with zero attached hydrogens (tertiary/aromatic N) is 1. The summed E-state index contributed by atoms with van der Waals surface area (Å²) in [4.78, 5) is 26.8. The van der Waals surface area contributed by atoms with E-state index in [9.17, 15) is 9.59 Å². The Morgan fingerprint density at radius 2 is 2.17 bits per heavy atom. The third-order valence-electron chi connectivity index (χ3n) is 2.81. The predicted octanol–water partition coefficient (Wildman–Crippen LogP) is 1.87. The maximum atomic E-state index is 11.6. The van der Waals surface area contributed by atoms with Crippen molar-refractivity contribution in [1.29, 1.82) is 0 Å². The molecule has 1 saturated heterocycles. The molecule has 1 amide bonds. The number of aromatic carboxylic acids is 1. The van der Waals surface area contributed by atoms with Crippen molar-refractivity contribution in [2.75, 3.05) is 0 Å². The number of pyridine rings is 1. The van der Waals surface area contributed by atoms with Crippen LogP contribution < -0.4 is 10.6 Å². The van der Waals surface area contributed by atoms with Crippen molar-refractivity contribution < 1.29 is 19.1 Å². The van der Waals surface area contributed by atoms with E-state index in [1.807, 2.05) is 0 Å². The molecule has 0 saturated carbocycles. The van der Waals surface area contributed by atoms with Gasteiger partial charge in [0.1, 0.15) is 16.5 Å². The number of hydrogen-bond acceptors (Lipinski definition) is 6. The van der Waals surface area contributed by atoms with Crippen LogP contribution in [0.5, 0.6) is 0 Å². The molecule has 0 bridgehead atoms. The predicted molar refractivity (Wildman–Crippen MR) is 85.9 cm³/mol. The van der Waals surface area contributed by atoms with Gasteiger partial charge in [0.2, 0.25) is 0 Å². The minimum absolute atomic E-state index is 0.0935. The number of thiocarbonyl (C=S) groups is 1. The van der Waals surface area contributed by atoms with Crippen LogP contribution in [0.2, 0.25) is 0 Å². The Morgan fingerprint density at radius 1 is 1.35 bits per heavy atom. The minimum atomic E-state index is -1.06. The molecule has 7 nitrogen and oxygen atoms in total. The van der Waals surface area contributed by atoms with Gasteiger partial charge in [-0.1, -0.05) is 0 Å². The summed E-state index contributed by atoms with van der Waals surface area (Å²) in [5.41, 5.74) is 0.376. The molecular formula is C14H9N3O4S2. The maximum Gasteiger partial charge on any atom is 0.338 e. The molecular weight excluding hydrogens is 338 g/mol. The van der Waals surface area contributed by atoms with Gasteiger partial charge in [-0.2, -0.15) is 0 Å². The first-order valence-electron chi connectivity index (χ1n) is 6.33. The summed E-state index contributed by atoms with van der Waals surface area (Å²) < 4.78 is 5.56. The summed E-state index contributed by atoms with van der Waals surface area (Å²) in [5.74, 6) is -0.962. The molecule has 3 heterocycles. The second-order valence-electron chi connectivity index (χ2n) is 4.39. The monoisotopic (exact) mass is 347 g/mol. The van der Waals surface area contributed by atoms with E-state index >= 15 is 0 Å². The number of carboxylic acids is 1. The number of carbonyl (C=O) groups is 2. The zero-order valence-corrected chi connectivity index (χ0v) is 13.0. The molecule has 9 heteroatoms. The van der Waals surface area contributed by atoms with Crippen molar-refractivity contribution in [2.24, 2.45) is 0 Å². The van der Waals surface area contributed by atoms with E-state index < -0.39 is 5.97 Å². The highest BCUT2D eigenvalue weighted by Crippen LogP contribution is 2.30. The van der Waals surface area contributed by atoms with Gasteiger partial charge in [0, 0.05) is 12.3 Å². The molecule has 0 spiro atoms. The van der Waals surface area contributed by atoms with Crippen LogP contribution in [0, 0.1) is 0 Å². The number of furan rings is 1. The quantitative estimate of drug-likeness (QED) is 0.569. The SMILES string of the molecule is O=C1NC(=S)N/C1=C/c1ccc(Sc2ncccc2C(=O)O)o1. The summed E-state index contributed by atoms with van der Waals surface area (Å²) in [7, 11) is 0. The van der Waals surface area contributed by atoms with Gasteiger partial charge in [-0.15, -0.1) is 0 Å². The van der Waals surface area contributed by atoms with Crippen LogP contribution >= 0.6 is 24.0 Å². The van der Waals surface area contributed by atoms with Crippen LogP contribution in [-0.4, -0.2) is 27.1 Å². The van der Waals surface area contributed by atoms with E-state index in [-0.39, 0.29) is 22.3 Å². The van der Waals surface area contributed by atoms with Crippen LogP contribution in [0.1, 0.15) is 16.1 Å². The van der Waals surface area contributed by atoms with Gasteiger partial charge >= 0.3 is 5.97 Å². The maximum absolute atomic E-state index is 11.6. The van der Waals surface area contributed by atoms with Crippen molar-refractivity contribution in [1.82, 2.24) is 15.6 Å². The summed E-state index contributed by atoms with van der Waals surface area (Å²) in [5, 5.41) is 15.3. The Labute approximate surface area is 139 Å². The molecule has 3 rings (SSSR count). The zero-order chi connectivity index (χ0) is 16.4. The van der Waals surface area contributed by atoms with Crippen LogP contribution in [0.3, 0.4) is 0 Å². The molecule has 0 aromatic carbocycles. The number of amides is 1. The topological polar surface area (TPSA) is 104 Å². The molecule has 116 valence electrons. The molecule has 0 atom stereocenters. The standard InChI is InChI=1S/C14H9N3O4S2/c18-11-9(16-14(22)17-11)6-7-3-4-10(21-7)23-12-8(13(19)20)2-1-5-15-12/h1-6H,(H,19,20)(H2,16,17,18,22)/b9-6+. The number of carboxylic acid groups (broad SMARTS) is 1. The molecule has 2 aromatic rings. The van der Waals surface area contributed by atoms with Gasteiger partial charge in [0.25, 0.3) is 5.91 Å². The van der Waals surface area contributed by atoms with Crippen molar-refractivity contribution in [3.63, 3.8) is 0 Å². The summed E-state index contributed by atoms with van der Waals surface area (Å²) in [6.07, 6.45) is 3.02. The molecule has 1 aliphatic heterocycles. The van der Waals surface area contributed by atoms with E-state index in [4.69, 9.17) is 21.7 Å². The Hall–Kier alpha value is -2.65. The van der Waals surface area contributed by atoms with Crippen molar-refractivity contribution in [2.45, 2.75) is 10.1 Å². The minimum Gasteiger partial charge on any atom is -0.478 e. The van der Waals surface area contributed by atoms with Crippen LogP contribution in [0.4, 0.5) is 0 Å². The summed E-state index contributed by atoms with van der Waals surface area (Å²) >= 11 is 5.93. The van der Waals surface area contributed by atoms with E-state index in [2.05, 4.69) is 15.6 Å². The Morgan fingerprint density at radius 3 is 2.87 bits per heavy atom. The Balaban J connectivity index is 1.81. The lowest BCUT2D eigenvalue weighted by molar-refractivity contribution is -0.115. The fourth-order valence-electron chi connectivity index (χ4n) is 1.82. The number of rotatable bonds is 4. The highest BCUT2D eigenvalue weighted by atomic mass is 32.2. The van der Waals surface area contributed by atoms with Gasteiger partial charge in [-0.25, -0.2) is 9.78 Å². The molecule has 0 radical (unpaired) electrons. The van der Waals surface area contributed by atoms with Crippen molar-refractivity contribution in [3.8, 4) is 0 Å². The van der Waals surface area contributed by atoms with E-state index in [1.54, 1.807) is 18.2 Å². The van der Waals surface area contributed by atoms with Crippen LogP contribution in [0.25, 0.3) is 6.08 Å². The van der Waals surface area contributed by atoms with Crippen LogP contribution in [0.15, 0.2) is 50.7 Å². The van der Waals surface area contributed by atoms with Crippen molar-refractivity contribution in [3.05, 3.63) is 47.5 Å². The highest BCUT2D eigenvalue weighted by molar-refractivity contribution is 7.99. The number of carbonyl (C=O) groups excluding carboxylic acids is 1. The lowest BCUT2D eigenvalue weighted by atomic mass is 10.3. The van der Waals surface area contributed by atoms with Gasteiger partial charge < -0.3 is 14.8 Å². The van der Waals surface area contributed by atoms with E-state index in [0.717, 1.165) is 11.8 Å². The molecule has 1 fully saturated rings. The van der Waals surface area contributed by atoms with Crippen LogP contribution in [-0.2, 0) is 4.79 Å². The molecule has 0 unspecified atom stereocenters. The molecule has 2 aromatic heterocycles. The molecule has 0 aliphatic carbocycles. The number of aromatic nitrogens is 1. The largest absolute Gasteiger partial charge is 0.478 e. The van der Waals surface area contributed by atoms with E-state index in [1.165, 1.54) is 18.3 Å². The summed E-state index contributed by atoms with van der Waals surface area (Å²) in [6, 6.07) is 6.35. The first-order chi connectivity index (χ1) is 11.0. The molecule has 3 N–H and O–H groups in total. The first-order valence-corrected chi connectivity index (χ1v) is 7.55. The second kappa shape index (κ2) is 6.23. The number of hydrogen-bond donors (Lipinski definition) is 3. The third kappa shape index (κ3) is 3.41. The molecule has 23 heavy (non-hydrogen) atoms. The van der Waals surface area contributed by atoms with Gasteiger partial charge in [-0.3, -0.25) is 10.1 Å².